The average molecular weight is 270 g/mol. The third kappa shape index (κ3) is 4.22. The molecule has 1 aliphatic heterocycles. The fourth-order valence-electron chi connectivity index (χ4n) is 2.24. The van der Waals surface area contributed by atoms with E-state index >= 15 is 0 Å². The number of nitrogens with one attached hydrogen (secondary N) is 1. The van der Waals surface area contributed by atoms with Gasteiger partial charge in [-0.2, -0.15) is 0 Å². The molecule has 2 amide bonds. The van der Waals surface area contributed by atoms with Gasteiger partial charge in [-0.1, -0.05) is 13.8 Å². The van der Waals surface area contributed by atoms with Gasteiger partial charge in [0.15, 0.2) is 0 Å². The number of carbonyl (C=O) groups excluding carboxylic acids is 2. The lowest BCUT2D eigenvalue weighted by molar-refractivity contribution is -0.142. The van der Waals surface area contributed by atoms with Crippen LogP contribution < -0.4 is 5.32 Å². The van der Waals surface area contributed by atoms with Crippen molar-refractivity contribution in [3.63, 3.8) is 0 Å². The number of hydrogen-bond donors (Lipinski definition) is 2. The first-order chi connectivity index (χ1) is 8.85. The molecule has 1 unspecified atom stereocenters. The van der Waals surface area contributed by atoms with E-state index in [1.54, 1.807) is 4.90 Å². The number of likely N-dealkylation sites (tertiary alicyclic amines) is 1. The molecule has 1 rings (SSSR count). The molecular formula is C13H22N2O4. The Bertz CT molecular complexity index is 368. The number of hydrogen-bond acceptors (Lipinski definition) is 3. The van der Waals surface area contributed by atoms with Crippen LogP contribution in [0.15, 0.2) is 0 Å². The molecule has 108 valence electrons. The highest BCUT2D eigenvalue weighted by molar-refractivity contribution is 5.91. The molecule has 2 atom stereocenters. The Labute approximate surface area is 113 Å². The van der Waals surface area contributed by atoms with Crippen LogP contribution in [0.2, 0.25) is 0 Å². The summed E-state index contributed by atoms with van der Waals surface area (Å²) < 4.78 is 0. The Morgan fingerprint density at radius 1 is 1.47 bits per heavy atom. The van der Waals surface area contributed by atoms with E-state index in [4.69, 9.17) is 5.11 Å². The third-order valence-electron chi connectivity index (χ3n) is 3.29. The van der Waals surface area contributed by atoms with E-state index in [-0.39, 0.29) is 24.2 Å². The summed E-state index contributed by atoms with van der Waals surface area (Å²) in [5.74, 6) is -1.66. The summed E-state index contributed by atoms with van der Waals surface area (Å²) in [7, 11) is 0. The number of aliphatic carboxylic acids is 1. The maximum atomic E-state index is 12.0. The van der Waals surface area contributed by atoms with E-state index in [1.165, 1.54) is 0 Å². The number of carboxylic acid groups (broad SMARTS) is 1. The molecule has 0 bridgehead atoms. The van der Waals surface area contributed by atoms with Crippen LogP contribution in [-0.2, 0) is 14.4 Å². The number of nitrogens with zero attached hydrogens (tertiary/aromatic N) is 1. The first-order valence-electron chi connectivity index (χ1n) is 6.66. The highest BCUT2D eigenvalue weighted by atomic mass is 16.4. The van der Waals surface area contributed by atoms with E-state index in [2.05, 4.69) is 5.32 Å². The molecule has 0 aromatic carbocycles. The summed E-state index contributed by atoms with van der Waals surface area (Å²) in [6.07, 6.45) is 0.562. The standard InChI is InChI=1S/C13H22N2O4/c1-4-15-7-9(6-11(15)16)12(17)14-10(13(18)19)5-8(2)3/h8-10H,4-7H2,1-3H3,(H,14,17)(H,18,19)/t9?,10-/m0/s1. The SMILES string of the molecule is CCN1CC(C(=O)N[C@@H](CC(C)C)C(=O)O)CC1=O. The number of carbonyl (C=O) groups is 3. The molecule has 0 aromatic heterocycles. The lowest BCUT2D eigenvalue weighted by atomic mass is 10.0. The van der Waals surface area contributed by atoms with Crippen LogP contribution in [-0.4, -0.2) is 46.9 Å². The smallest absolute Gasteiger partial charge is 0.326 e. The predicted molar refractivity (Wildman–Crippen MR) is 69.4 cm³/mol. The summed E-state index contributed by atoms with van der Waals surface area (Å²) in [6, 6.07) is -0.877. The van der Waals surface area contributed by atoms with Gasteiger partial charge in [0.2, 0.25) is 11.8 Å². The van der Waals surface area contributed by atoms with Crippen LogP contribution in [0.1, 0.15) is 33.6 Å². The van der Waals surface area contributed by atoms with E-state index in [1.807, 2.05) is 20.8 Å². The Balaban J connectivity index is 2.58. The Morgan fingerprint density at radius 2 is 2.11 bits per heavy atom. The molecule has 0 aliphatic carbocycles. The summed E-state index contributed by atoms with van der Waals surface area (Å²) >= 11 is 0. The summed E-state index contributed by atoms with van der Waals surface area (Å²) in [5, 5.41) is 11.6. The van der Waals surface area contributed by atoms with Crippen LogP contribution >= 0.6 is 0 Å². The zero-order valence-electron chi connectivity index (χ0n) is 11.7. The third-order valence-corrected chi connectivity index (χ3v) is 3.29. The van der Waals surface area contributed by atoms with E-state index in [0.717, 1.165) is 0 Å². The fourth-order valence-corrected chi connectivity index (χ4v) is 2.24. The van der Waals surface area contributed by atoms with Gasteiger partial charge in [0.25, 0.3) is 0 Å². The lowest BCUT2D eigenvalue weighted by Crippen LogP contribution is -2.44. The van der Waals surface area contributed by atoms with Gasteiger partial charge in [-0.3, -0.25) is 9.59 Å². The molecule has 0 radical (unpaired) electrons. The largest absolute Gasteiger partial charge is 0.480 e. The normalized spacial score (nSPS) is 20.7. The monoisotopic (exact) mass is 270 g/mol. The Hall–Kier alpha value is -1.59. The summed E-state index contributed by atoms with van der Waals surface area (Å²) in [4.78, 5) is 36.2. The van der Waals surface area contributed by atoms with Crippen molar-refractivity contribution in [3.8, 4) is 0 Å². The van der Waals surface area contributed by atoms with Crippen molar-refractivity contribution in [2.75, 3.05) is 13.1 Å². The van der Waals surface area contributed by atoms with Crippen molar-refractivity contribution in [3.05, 3.63) is 0 Å². The minimum absolute atomic E-state index is 0.0432. The zero-order chi connectivity index (χ0) is 14.6. The molecule has 1 fully saturated rings. The predicted octanol–water partition coefficient (Wildman–Crippen LogP) is 0.470. The molecule has 6 heteroatoms. The lowest BCUT2D eigenvalue weighted by Gasteiger charge is -2.19. The van der Waals surface area contributed by atoms with E-state index < -0.39 is 17.9 Å². The molecular weight excluding hydrogens is 248 g/mol. The van der Waals surface area contributed by atoms with Gasteiger partial charge in [0, 0.05) is 19.5 Å². The molecule has 0 saturated carbocycles. The van der Waals surface area contributed by atoms with Crippen LogP contribution in [0.4, 0.5) is 0 Å². The van der Waals surface area contributed by atoms with Crippen LogP contribution in [0.25, 0.3) is 0 Å². The minimum atomic E-state index is -1.03. The Kier molecular flexibility index (Phi) is 5.32. The van der Waals surface area contributed by atoms with Crippen molar-refractivity contribution in [2.24, 2.45) is 11.8 Å². The van der Waals surface area contributed by atoms with Crippen molar-refractivity contribution >= 4 is 17.8 Å². The number of rotatable bonds is 6. The molecule has 1 aliphatic rings. The zero-order valence-corrected chi connectivity index (χ0v) is 11.7. The van der Waals surface area contributed by atoms with Gasteiger partial charge >= 0.3 is 5.97 Å². The maximum Gasteiger partial charge on any atom is 0.326 e. The highest BCUT2D eigenvalue weighted by Gasteiger charge is 2.35. The fraction of sp³-hybridized carbons (Fsp3) is 0.769. The van der Waals surface area contributed by atoms with Crippen molar-refractivity contribution in [1.82, 2.24) is 10.2 Å². The van der Waals surface area contributed by atoms with Gasteiger partial charge in [-0.25, -0.2) is 4.79 Å². The topological polar surface area (TPSA) is 86.7 Å². The van der Waals surface area contributed by atoms with E-state index in [0.29, 0.717) is 19.5 Å². The molecule has 1 saturated heterocycles. The van der Waals surface area contributed by atoms with E-state index in [9.17, 15) is 14.4 Å². The first kappa shape index (κ1) is 15.5. The number of amides is 2. The van der Waals surface area contributed by atoms with Gasteiger partial charge in [-0.15, -0.1) is 0 Å². The molecule has 2 N–H and O–H groups in total. The van der Waals surface area contributed by atoms with Crippen LogP contribution in [0.3, 0.4) is 0 Å². The van der Waals surface area contributed by atoms with Gasteiger partial charge in [0.05, 0.1) is 5.92 Å². The second-order valence-corrected chi connectivity index (χ2v) is 5.36. The second kappa shape index (κ2) is 6.54. The first-order valence-corrected chi connectivity index (χ1v) is 6.66. The number of carboxylic acids is 1. The maximum absolute atomic E-state index is 12.0. The summed E-state index contributed by atoms with van der Waals surface area (Å²) in [5.41, 5.74) is 0. The quantitative estimate of drug-likeness (QED) is 0.734. The van der Waals surface area contributed by atoms with Crippen LogP contribution in [0, 0.1) is 11.8 Å². The molecule has 19 heavy (non-hydrogen) atoms. The summed E-state index contributed by atoms with van der Waals surface area (Å²) in [6.45, 7) is 6.63. The highest BCUT2D eigenvalue weighted by Crippen LogP contribution is 2.18. The molecule has 1 heterocycles. The van der Waals surface area contributed by atoms with Crippen molar-refractivity contribution < 1.29 is 19.5 Å². The van der Waals surface area contributed by atoms with Gasteiger partial charge in [-0.05, 0) is 19.3 Å². The van der Waals surface area contributed by atoms with Crippen molar-refractivity contribution in [2.45, 2.75) is 39.7 Å². The van der Waals surface area contributed by atoms with Gasteiger partial charge in [0.1, 0.15) is 6.04 Å². The average Bonchev–Trinajstić information content (AvgIpc) is 2.69. The molecule has 0 spiro atoms. The molecule has 6 nitrogen and oxygen atoms in total. The van der Waals surface area contributed by atoms with Crippen molar-refractivity contribution in [1.29, 1.82) is 0 Å². The molecule has 0 aromatic rings. The minimum Gasteiger partial charge on any atom is -0.480 e. The second-order valence-electron chi connectivity index (χ2n) is 5.36. The van der Waals surface area contributed by atoms with Gasteiger partial charge < -0.3 is 15.3 Å². The van der Waals surface area contributed by atoms with Crippen LogP contribution in [0.5, 0.6) is 0 Å². The Morgan fingerprint density at radius 3 is 2.53 bits per heavy atom.